The zero-order valence-corrected chi connectivity index (χ0v) is 20.3. The van der Waals surface area contributed by atoms with Crippen LogP contribution in [-0.2, 0) is 4.74 Å². The van der Waals surface area contributed by atoms with Crippen LogP contribution in [0.2, 0.25) is 0 Å². The minimum absolute atomic E-state index is 0.186. The van der Waals surface area contributed by atoms with Crippen LogP contribution in [0.1, 0.15) is 57.6 Å². The molecule has 182 valence electrons. The van der Waals surface area contributed by atoms with E-state index in [9.17, 15) is 10.1 Å². The molecule has 1 aromatic heterocycles. The largest absolute Gasteiger partial charge is 0.492 e. The fraction of sp³-hybridized carbons (Fsp3) is 0.429. The van der Waals surface area contributed by atoms with Crippen molar-refractivity contribution in [2.45, 2.75) is 64.1 Å². The van der Waals surface area contributed by atoms with Crippen molar-refractivity contribution in [1.82, 2.24) is 9.88 Å². The summed E-state index contributed by atoms with van der Waals surface area (Å²) in [5.41, 5.74) is 4.24. The van der Waals surface area contributed by atoms with Crippen molar-refractivity contribution in [3.8, 4) is 23.1 Å². The highest BCUT2D eigenvalue weighted by molar-refractivity contribution is 5.96. The Labute approximate surface area is 206 Å². The molecule has 3 aromatic rings. The molecule has 7 heteroatoms. The Bertz CT molecular complexity index is 1250. The lowest BCUT2D eigenvalue weighted by Gasteiger charge is -2.30. The third-order valence-electron chi connectivity index (χ3n) is 6.66. The fourth-order valence-corrected chi connectivity index (χ4v) is 4.59. The van der Waals surface area contributed by atoms with Crippen LogP contribution in [-0.4, -0.2) is 36.0 Å². The van der Waals surface area contributed by atoms with E-state index in [0.29, 0.717) is 29.9 Å². The van der Waals surface area contributed by atoms with Crippen LogP contribution in [0.25, 0.3) is 22.2 Å². The van der Waals surface area contributed by atoms with Gasteiger partial charge in [-0.25, -0.2) is 4.79 Å². The highest BCUT2D eigenvalue weighted by Gasteiger charge is 2.28. The molecule has 0 saturated heterocycles. The summed E-state index contributed by atoms with van der Waals surface area (Å²) in [5, 5.41) is 17.3. The van der Waals surface area contributed by atoms with Gasteiger partial charge in [0.15, 0.2) is 0 Å². The van der Waals surface area contributed by atoms with E-state index in [1.165, 1.54) is 19.3 Å². The molecule has 7 nitrogen and oxygen atoms in total. The van der Waals surface area contributed by atoms with Gasteiger partial charge in [0.2, 0.25) is 0 Å². The number of hydrogen-bond acceptors (Lipinski definition) is 5. The number of ether oxygens (including phenoxy) is 2. The molecule has 2 aromatic carbocycles. The first-order valence-electron chi connectivity index (χ1n) is 12.6. The zero-order chi connectivity index (χ0) is 24.4. The van der Waals surface area contributed by atoms with Gasteiger partial charge < -0.3 is 19.4 Å². The van der Waals surface area contributed by atoms with Crippen molar-refractivity contribution >= 4 is 22.7 Å². The number of rotatable bonds is 9. The molecule has 0 atom stereocenters. The van der Waals surface area contributed by atoms with E-state index < -0.39 is 6.09 Å². The standard InChI is InChI=1S/C28H32N4O3/c1-18(2)35-28(33)31-21-8-6-19(7-9-21)27-25(17-29)24-13-12-23(34-15-14-30-20-10-11-20)16-26(24)32(27)22-4-3-5-22/h6-9,12-13,16,18,20,22,30H,3-5,10-11,14-15H2,1-2H3,(H,31,33). The Hall–Kier alpha value is -3.50. The van der Waals surface area contributed by atoms with Gasteiger partial charge in [0.1, 0.15) is 18.4 Å². The Morgan fingerprint density at radius 1 is 1.14 bits per heavy atom. The summed E-state index contributed by atoms with van der Waals surface area (Å²) < 4.78 is 13.5. The van der Waals surface area contributed by atoms with Gasteiger partial charge in [-0.3, -0.25) is 5.32 Å². The van der Waals surface area contributed by atoms with E-state index in [1.807, 2.05) is 50.2 Å². The molecule has 2 aliphatic carbocycles. The fourth-order valence-electron chi connectivity index (χ4n) is 4.59. The molecule has 0 aliphatic heterocycles. The van der Waals surface area contributed by atoms with Gasteiger partial charge in [0, 0.05) is 35.8 Å². The second kappa shape index (κ2) is 10.0. The third kappa shape index (κ3) is 5.13. The summed E-state index contributed by atoms with van der Waals surface area (Å²) >= 11 is 0. The Balaban J connectivity index is 1.45. The number of nitrogens with zero attached hydrogens (tertiary/aromatic N) is 2. The predicted octanol–water partition coefficient (Wildman–Crippen LogP) is 5.99. The number of benzene rings is 2. The molecular formula is C28H32N4O3. The van der Waals surface area contributed by atoms with Crippen LogP contribution >= 0.6 is 0 Å². The number of amides is 1. The maximum Gasteiger partial charge on any atom is 0.411 e. The molecule has 0 bridgehead atoms. The smallest absolute Gasteiger partial charge is 0.411 e. The molecule has 35 heavy (non-hydrogen) atoms. The first-order chi connectivity index (χ1) is 17.0. The van der Waals surface area contributed by atoms with Crippen LogP contribution < -0.4 is 15.4 Å². The molecule has 2 fully saturated rings. The molecular weight excluding hydrogens is 440 g/mol. The summed E-state index contributed by atoms with van der Waals surface area (Å²) in [6.45, 7) is 5.09. The average Bonchev–Trinajstić information content (AvgIpc) is 3.57. The van der Waals surface area contributed by atoms with Crippen molar-refractivity contribution < 1.29 is 14.3 Å². The van der Waals surface area contributed by atoms with Crippen molar-refractivity contribution in [2.75, 3.05) is 18.5 Å². The summed E-state index contributed by atoms with van der Waals surface area (Å²) in [6.07, 6.45) is 5.24. The lowest BCUT2D eigenvalue weighted by Crippen LogP contribution is -2.22. The normalized spacial score (nSPS) is 15.6. The van der Waals surface area contributed by atoms with Crippen molar-refractivity contribution in [2.24, 2.45) is 0 Å². The monoisotopic (exact) mass is 472 g/mol. The number of carbonyl (C=O) groups is 1. The van der Waals surface area contributed by atoms with Gasteiger partial charge in [-0.1, -0.05) is 12.1 Å². The molecule has 2 saturated carbocycles. The molecule has 0 unspecified atom stereocenters. The number of hydrogen-bond donors (Lipinski definition) is 2. The lowest BCUT2D eigenvalue weighted by molar-refractivity contribution is 0.130. The highest BCUT2D eigenvalue weighted by Crippen LogP contribution is 2.43. The predicted molar refractivity (Wildman–Crippen MR) is 137 cm³/mol. The van der Waals surface area contributed by atoms with Crippen molar-refractivity contribution in [3.63, 3.8) is 0 Å². The Morgan fingerprint density at radius 3 is 2.54 bits per heavy atom. The molecule has 0 radical (unpaired) electrons. The minimum atomic E-state index is -0.478. The van der Waals surface area contributed by atoms with Crippen molar-refractivity contribution in [3.05, 3.63) is 48.0 Å². The molecule has 0 spiro atoms. The van der Waals surface area contributed by atoms with Crippen LogP contribution in [0.3, 0.4) is 0 Å². The topological polar surface area (TPSA) is 88.3 Å². The van der Waals surface area contributed by atoms with Gasteiger partial charge in [-0.2, -0.15) is 5.26 Å². The second-order valence-corrected chi connectivity index (χ2v) is 9.70. The SMILES string of the molecule is CC(C)OC(=O)Nc1ccc(-c2c(C#N)c3ccc(OCCNC4CC4)cc3n2C2CCC2)cc1. The van der Waals surface area contributed by atoms with Crippen LogP contribution in [0, 0.1) is 11.3 Å². The number of nitrogens with one attached hydrogen (secondary N) is 2. The first kappa shape index (κ1) is 23.3. The van der Waals surface area contributed by atoms with E-state index in [4.69, 9.17) is 9.47 Å². The van der Waals surface area contributed by atoms with Crippen LogP contribution in [0.5, 0.6) is 5.75 Å². The van der Waals surface area contributed by atoms with Crippen LogP contribution in [0.15, 0.2) is 42.5 Å². The number of nitriles is 1. The quantitative estimate of drug-likeness (QED) is 0.373. The van der Waals surface area contributed by atoms with Crippen molar-refractivity contribution in [1.29, 1.82) is 5.26 Å². The van der Waals surface area contributed by atoms with Gasteiger partial charge in [0.05, 0.1) is 22.9 Å². The van der Waals surface area contributed by atoms with Gasteiger partial charge in [0.25, 0.3) is 0 Å². The van der Waals surface area contributed by atoms with Gasteiger partial charge in [-0.15, -0.1) is 0 Å². The summed E-state index contributed by atoms with van der Waals surface area (Å²) in [4.78, 5) is 12.0. The van der Waals surface area contributed by atoms with E-state index in [0.717, 1.165) is 47.3 Å². The average molecular weight is 473 g/mol. The van der Waals surface area contributed by atoms with E-state index in [-0.39, 0.29) is 6.10 Å². The molecule has 1 amide bonds. The number of carbonyl (C=O) groups excluding carboxylic acids is 1. The third-order valence-corrected chi connectivity index (χ3v) is 6.66. The first-order valence-corrected chi connectivity index (χ1v) is 12.6. The van der Waals surface area contributed by atoms with E-state index in [1.54, 1.807) is 0 Å². The number of aromatic nitrogens is 1. The second-order valence-electron chi connectivity index (χ2n) is 9.70. The summed E-state index contributed by atoms with van der Waals surface area (Å²) in [5.74, 6) is 0.826. The number of fused-ring (bicyclic) bond motifs is 1. The molecule has 1 heterocycles. The lowest BCUT2D eigenvalue weighted by atomic mass is 9.92. The van der Waals surface area contributed by atoms with Crippen LogP contribution in [0.4, 0.5) is 10.5 Å². The summed E-state index contributed by atoms with van der Waals surface area (Å²) in [7, 11) is 0. The van der Waals surface area contributed by atoms with Gasteiger partial charge in [-0.05, 0) is 75.8 Å². The Kier molecular flexibility index (Phi) is 6.65. The van der Waals surface area contributed by atoms with E-state index >= 15 is 0 Å². The Morgan fingerprint density at radius 2 is 1.91 bits per heavy atom. The maximum absolute atomic E-state index is 12.0. The molecule has 2 N–H and O–H groups in total. The molecule has 5 rings (SSSR count). The zero-order valence-electron chi connectivity index (χ0n) is 20.3. The van der Waals surface area contributed by atoms with Gasteiger partial charge >= 0.3 is 6.09 Å². The number of anilines is 1. The maximum atomic E-state index is 12.0. The highest BCUT2D eigenvalue weighted by atomic mass is 16.6. The van der Waals surface area contributed by atoms with E-state index in [2.05, 4.69) is 27.3 Å². The summed E-state index contributed by atoms with van der Waals surface area (Å²) in [6, 6.07) is 17.1. The molecule has 2 aliphatic rings. The minimum Gasteiger partial charge on any atom is -0.492 e.